The van der Waals surface area contributed by atoms with Gasteiger partial charge < -0.3 is 15.2 Å². The van der Waals surface area contributed by atoms with E-state index in [9.17, 15) is 0 Å². The van der Waals surface area contributed by atoms with Crippen molar-refractivity contribution in [3.05, 3.63) is 95.6 Å². The molecule has 0 aliphatic carbocycles. The van der Waals surface area contributed by atoms with E-state index in [1.807, 2.05) is 42.5 Å². The maximum atomic E-state index is 5.81. The van der Waals surface area contributed by atoms with Crippen LogP contribution in [0.3, 0.4) is 0 Å². The standard InChI is InChI=1S/C24H25NO2S/c1-24(2,18-8-4-3-5-9-18)19-12-14-20(15-13-19)26-16-17-27-22-11-7-6-10-21(22)23(25)28/h3-15H,16-17H2,1-2H3,(H2,25,28). The molecule has 28 heavy (non-hydrogen) atoms. The Morgan fingerprint density at radius 1 is 0.786 bits per heavy atom. The quantitative estimate of drug-likeness (QED) is 0.428. The fourth-order valence-electron chi connectivity index (χ4n) is 3.10. The second-order valence-electron chi connectivity index (χ2n) is 7.07. The fourth-order valence-corrected chi connectivity index (χ4v) is 3.27. The Kier molecular flexibility index (Phi) is 6.32. The zero-order chi connectivity index (χ0) is 20.0. The summed E-state index contributed by atoms with van der Waals surface area (Å²) in [6.45, 7) is 5.31. The molecule has 4 heteroatoms. The molecule has 0 aromatic heterocycles. The van der Waals surface area contributed by atoms with Gasteiger partial charge in [-0.1, -0.05) is 80.7 Å². The molecule has 0 radical (unpaired) electrons. The summed E-state index contributed by atoms with van der Waals surface area (Å²) in [5.41, 5.74) is 8.93. The summed E-state index contributed by atoms with van der Waals surface area (Å²) < 4.78 is 11.6. The van der Waals surface area contributed by atoms with Crippen LogP contribution < -0.4 is 15.2 Å². The molecule has 144 valence electrons. The molecule has 0 spiro atoms. The number of thiocarbonyl (C=S) groups is 1. The highest BCUT2D eigenvalue weighted by Gasteiger charge is 2.22. The number of nitrogens with two attached hydrogens (primary N) is 1. The van der Waals surface area contributed by atoms with Crippen molar-refractivity contribution < 1.29 is 9.47 Å². The maximum Gasteiger partial charge on any atom is 0.129 e. The molecule has 3 nitrogen and oxygen atoms in total. The van der Waals surface area contributed by atoms with Crippen molar-refractivity contribution in [2.75, 3.05) is 13.2 Å². The molecule has 0 unspecified atom stereocenters. The van der Waals surface area contributed by atoms with Crippen LogP contribution in [0.5, 0.6) is 11.5 Å². The summed E-state index contributed by atoms with van der Waals surface area (Å²) in [5.74, 6) is 1.50. The minimum absolute atomic E-state index is 0.0622. The second kappa shape index (κ2) is 8.89. The number of hydrogen-bond donors (Lipinski definition) is 1. The number of benzene rings is 3. The Balaban J connectivity index is 1.56. The highest BCUT2D eigenvalue weighted by atomic mass is 32.1. The topological polar surface area (TPSA) is 44.5 Å². The lowest BCUT2D eigenvalue weighted by atomic mass is 9.78. The molecule has 0 bridgehead atoms. The molecule has 0 saturated heterocycles. The lowest BCUT2D eigenvalue weighted by molar-refractivity contribution is 0.217. The smallest absolute Gasteiger partial charge is 0.129 e. The first kappa shape index (κ1) is 19.9. The van der Waals surface area contributed by atoms with Gasteiger partial charge in [0.1, 0.15) is 29.7 Å². The molecule has 3 rings (SSSR count). The zero-order valence-electron chi connectivity index (χ0n) is 16.2. The molecule has 0 atom stereocenters. The molecular formula is C24H25NO2S. The van der Waals surface area contributed by atoms with E-state index in [1.54, 1.807) is 0 Å². The van der Waals surface area contributed by atoms with Gasteiger partial charge in [0.15, 0.2) is 0 Å². The van der Waals surface area contributed by atoms with Crippen molar-refractivity contribution in [3.63, 3.8) is 0 Å². The SMILES string of the molecule is CC(C)(c1ccccc1)c1ccc(OCCOc2ccccc2C(N)=S)cc1. The highest BCUT2D eigenvalue weighted by Crippen LogP contribution is 2.32. The molecule has 0 heterocycles. The van der Waals surface area contributed by atoms with Gasteiger partial charge in [0.2, 0.25) is 0 Å². The van der Waals surface area contributed by atoms with Gasteiger partial charge in [0.25, 0.3) is 0 Å². The van der Waals surface area contributed by atoms with Crippen LogP contribution in [0.15, 0.2) is 78.9 Å². The van der Waals surface area contributed by atoms with Crippen molar-refractivity contribution in [2.24, 2.45) is 5.73 Å². The van der Waals surface area contributed by atoms with Gasteiger partial charge in [-0.3, -0.25) is 0 Å². The van der Waals surface area contributed by atoms with E-state index in [0.29, 0.717) is 24.0 Å². The van der Waals surface area contributed by atoms with E-state index in [4.69, 9.17) is 27.4 Å². The second-order valence-corrected chi connectivity index (χ2v) is 7.51. The van der Waals surface area contributed by atoms with Crippen LogP contribution in [0, 0.1) is 0 Å². The van der Waals surface area contributed by atoms with Gasteiger partial charge in [-0.15, -0.1) is 0 Å². The van der Waals surface area contributed by atoms with Gasteiger partial charge in [0, 0.05) is 5.41 Å². The van der Waals surface area contributed by atoms with Crippen LogP contribution in [-0.4, -0.2) is 18.2 Å². The van der Waals surface area contributed by atoms with Gasteiger partial charge in [-0.2, -0.15) is 0 Å². The molecule has 0 fully saturated rings. The Morgan fingerprint density at radius 2 is 1.36 bits per heavy atom. The molecule has 0 aliphatic heterocycles. The van der Waals surface area contributed by atoms with Crippen LogP contribution in [0.2, 0.25) is 0 Å². The van der Waals surface area contributed by atoms with Crippen molar-refractivity contribution in [1.82, 2.24) is 0 Å². The van der Waals surface area contributed by atoms with E-state index in [1.165, 1.54) is 11.1 Å². The third-order valence-electron chi connectivity index (χ3n) is 4.83. The average molecular weight is 392 g/mol. The van der Waals surface area contributed by atoms with Crippen molar-refractivity contribution in [2.45, 2.75) is 19.3 Å². The van der Waals surface area contributed by atoms with E-state index >= 15 is 0 Å². The first-order chi connectivity index (χ1) is 13.5. The van der Waals surface area contributed by atoms with Crippen LogP contribution >= 0.6 is 12.2 Å². The Bertz CT molecular complexity index is 921. The number of rotatable bonds is 8. The molecule has 3 aromatic rings. The average Bonchev–Trinajstić information content (AvgIpc) is 2.72. The lowest BCUT2D eigenvalue weighted by Gasteiger charge is -2.26. The first-order valence-corrected chi connectivity index (χ1v) is 9.70. The highest BCUT2D eigenvalue weighted by molar-refractivity contribution is 7.80. The van der Waals surface area contributed by atoms with Crippen LogP contribution in [0.1, 0.15) is 30.5 Å². The fraction of sp³-hybridized carbons (Fsp3) is 0.208. The number of hydrogen-bond acceptors (Lipinski definition) is 3. The third kappa shape index (κ3) is 4.70. The molecule has 0 aliphatic rings. The van der Waals surface area contributed by atoms with Crippen molar-refractivity contribution in [3.8, 4) is 11.5 Å². The summed E-state index contributed by atoms with van der Waals surface area (Å²) in [5, 5.41) is 0. The third-order valence-corrected chi connectivity index (χ3v) is 5.05. The monoisotopic (exact) mass is 391 g/mol. The Labute approximate surface area is 172 Å². The van der Waals surface area contributed by atoms with Crippen molar-refractivity contribution in [1.29, 1.82) is 0 Å². The molecule has 0 saturated carbocycles. The van der Waals surface area contributed by atoms with Crippen molar-refractivity contribution >= 4 is 17.2 Å². The van der Waals surface area contributed by atoms with E-state index in [-0.39, 0.29) is 5.41 Å². The first-order valence-electron chi connectivity index (χ1n) is 9.29. The summed E-state index contributed by atoms with van der Waals surface area (Å²) in [6.07, 6.45) is 0. The van der Waals surface area contributed by atoms with Gasteiger partial charge in [0.05, 0.1) is 5.56 Å². The number of ether oxygens (including phenoxy) is 2. The van der Waals surface area contributed by atoms with Gasteiger partial charge in [-0.05, 0) is 35.4 Å². The minimum Gasteiger partial charge on any atom is -0.490 e. The summed E-state index contributed by atoms with van der Waals surface area (Å²) in [7, 11) is 0. The van der Waals surface area contributed by atoms with E-state index < -0.39 is 0 Å². The summed E-state index contributed by atoms with van der Waals surface area (Å²) in [4.78, 5) is 0.327. The van der Waals surface area contributed by atoms with Crippen LogP contribution in [0.25, 0.3) is 0 Å². The maximum absolute atomic E-state index is 5.81. The van der Waals surface area contributed by atoms with E-state index in [0.717, 1.165) is 11.3 Å². The minimum atomic E-state index is -0.0622. The Morgan fingerprint density at radius 3 is 2.04 bits per heavy atom. The van der Waals surface area contributed by atoms with Gasteiger partial charge in [-0.25, -0.2) is 0 Å². The molecule has 0 amide bonds. The zero-order valence-corrected chi connectivity index (χ0v) is 17.0. The Hall–Kier alpha value is -2.85. The van der Waals surface area contributed by atoms with E-state index in [2.05, 4.69) is 50.2 Å². The lowest BCUT2D eigenvalue weighted by Crippen LogP contribution is -2.18. The molecular weight excluding hydrogens is 366 g/mol. The van der Waals surface area contributed by atoms with Gasteiger partial charge >= 0.3 is 0 Å². The predicted octanol–water partition coefficient (Wildman–Crippen LogP) is 5.10. The predicted molar refractivity (Wildman–Crippen MR) is 118 cm³/mol. The molecule has 3 aromatic carbocycles. The van der Waals surface area contributed by atoms with Crippen LogP contribution in [-0.2, 0) is 5.41 Å². The largest absolute Gasteiger partial charge is 0.490 e. The summed E-state index contributed by atoms with van der Waals surface area (Å²) >= 11 is 5.05. The molecule has 2 N–H and O–H groups in total. The number of para-hydroxylation sites is 1. The normalized spacial score (nSPS) is 11.1. The summed E-state index contributed by atoms with van der Waals surface area (Å²) in [6, 6.07) is 26.2. The van der Waals surface area contributed by atoms with Crippen LogP contribution in [0.4, 0.5) is 0 Å².